The predicted octanol–water partition coefficient (Wildman–Crippen LogP) is 4.76. The van der Waals surface area contributed by atoms with Crippen LogP contribution in [0.1, 0.15) is 30.0 Å². The van der Waals surface area contributed by atoms with Gasteiger partial charge in [0, 0.05) is 16.0 Å². The van der Waals surface area contributed by atoms with Crippen molar-refractivity contribution in [2.45, 2.75) is 25.2 Å². The quantitative estimate of drug-likeness (QED) is 0.597. The average molecular weight is 439 g/mol. The molecule has 3 aromatic rings. The summed E-state index contributed by atoms with van der Waals surface area (Å²) in [5.74, 6) is 0.0684. The molecule has 4 rings (SSSR count). The highest BCUT2D eigenvalue weighted by atomic mass is 35.5. The van der Waals surface area contributed by atoms with Crippen molar-refractivity contribution in [1.82, 2.24) is 9.97 Å². The van der Waals surface area contributed by atoms with Crippen LogP contribution in [0.4, 0.5) is 16.0 Å². The summed E-state index contributed by atoms with van der Waals surface area (Å²) in [5.41, 5.74) is 2.80. The summed E-state index contributed by atoms with van der Waals surface area (Å²) >= 11 is 6.07. The Balaban J connectivity index is 1.79. The molecule has 0 amide bonds. The lowest BCUT2D eigenvalue weighted by atomic mass is 9.83. The van der Waals surface area contributed by atoms with Crippen LogP contribution in [-0.2, 0) is 11.8 Å². The number of nitrogens with one attached hydrogen (secondary N) is 1. The molecule has 1 aliphatic carbocycles. The number of methoxy groups -OCH3 is 1. The zero-order chi connectivity index (χ0) is 22.2. The molecule has 1 aliphatic rings. The number of aromatic nitrogens is 2. The van der Waals surface area contributed by atoms with Gasteiger partial charge in [0.15, 0.2) is 5.82 Å². The fourth-order valence-electron chi connectivity index (χ4n) is 3.94. The second kappa shape index (κ2) is 8.14. The second-order valence-electron chi connectivity index (χ2n) is 7.74. The lowest BCUT2D eigenvalue weighted by molar-refractivity contribution is 0.206. The van der Waals surface area contributed by atoms with Crippen LogP contribution in [0.5, 0.6) is 5.75 Å². The monoisotopic (exact) mass is 438 g/mol. The minimum absolute atomic E-state index is 0.0536. The smallest absolute Gasteiger partial charge is 0.228 e. The summed E-state index contributed by atoms with van der Waals surface area (Å²) in [5, 5.41) is 23.1. The molecule has 0 radical (unpaired) electrons. The fraction of sp³-hybridized carbons (Fsp3) is 0.261. The maximum atomic E-state index is 14.7. The highest BCUT2D eigenvalue weighted by molar-refractivity contribution is 6.31. The number of hydrogen-bond acceptors (Lipinski definition) is 6. The topological polar surface area (TPSA) is 91.1 Å². The Hall–Kier alpha value is -3.21. The van der Waals surface area contributed by atoms with E-state index >= 15 is 0 Å². The van der Waals surface area contributed by atoms with Crippen molar-refractivity contribution in [3.05, 3.63) is 64.1 Å². The van der Waals surface area contributed by atoms with E-state index in [0.29, 0.717) is 34.0 Å². The van der Waals surface area contributed by atoms with Crippen molar-refractivity contribution in [3.63, 3.8) is 0 Å². The van der Waals surface area contributed by atoms with Crippen LogP contribution in [0.25, 0.3) is 11.3 Å². The van der Waals surface area contributed by atoms with Gasteiger partial charge in [0.05, 0.1) is 37.2 Å². The van der Waals surface area contributed by atoms with Gasteiger partial charge in [-0.05, 0) is 54.3 Å². The van der Waals surface area contributed by atoms with Crippen LogP contribution in [0.3, 0.4) is 0 Å². The molecule has 1 heterocycles. The minimum Gasteiger partial charge on any atom is -0.495 e. The SMILES string of the molecule is COc1ccc(Cl)cc1Nc1ncc(F)c(-c2cc(C#N)c3c(c2)C(C)(CO)CC3)n1. The van der Waals surface area contributed by atoms with E-state index in [1.165, 1.54) is 7.11 Å². The third-order valence-corrected chi connectivity index (χ3v) is 5.96. The molecule has 0 aliphatic heterocycles. The molecule has 0 bridgehead atoms. The van der Waals surface area contributed by atoms with Gasteiger partial charge >= 0.3 is 0 Å². The van der Waals surface area contributed by atoms with Crippen molar-refractivity contribution in [2.24, 2.45) is 0 Å². The molecule has 6 nitrogen and oxygen atoms in total. The molecule has 1 atom stereocenters. The summed E-state index contributed by atoms with van der Waals surface area (Å²) in [4.78, 5) is 8.37. The van der Waals surface area contributed by atoms with Crippen LogP contribution in [0.15, 0.2) is 36.5 Å². The number of anilines is 2. The molecular weight excluding hydrogens is 419 g/mol. The van der Waals surface area contributed by atoms with E-state index in [-0.39, 0.29) is 18.2 Å². The van der Waals surface area contributed by atoms with Crippen molar-refractivity contribution in [3.8, 4) is 23.1 Å². The normalized spacial score (nSPS) is 17.2. The number of fused-ring (bicyclic) bond motifs is 1. The zero-order valence-corrected chi connectivity index (χ0v) is 17.8. The number of ether oxygens (including phenoxy) is 1. The van der Waals surface area contributed by atoms with Crippen molar-refractivity contribution < 1.29 is 14.2 Å². The molecular formula is C23H20ClFN4O2. The summed E-state index contributed by atoms with van der Waals surface area (Å²) in [6, 6.07) is 10.7. The minimum atomic E-state index is -0.615. The van der Waals surface area contributed by atoms with E-state index in [2.05, 4.69) is 21.4 Å². The molecule has 8 heteroatoms. The van der Waals surface area contributed by atoms with Gasteiger partial charge in [-0.15, -0.1) is 0 Å². The molecule has 2 aromatic carbocycles. The van der Waals surface area contributed by atoms with Gasteiger partial charge in [0.2, 0.25) is 5.95 Å². The highest BCUT2D eigenvalue weighted by Gasteiger charge is 2.36. The summed E-state index contributed by atoms with van der Waals surface area (Å²) in [6.45, 7) is 1.89. The molecule has 2 N–H and O–H groups in total. The first-order valence-corrected chi connectivity index (χ1v) is 10.1. The van der Waals surface area contributed by atoms with Crippen LogP contribution in [0, 0.1) is 17.1 Å². The molecule has 0 saturated carbocycles. The van der Waals surface area contributed by atoms with Crippen LogP contribution < -0.4 is 10.1 Å². The van der Waals surface area contributed by atoms with Gasteiger partial charge in [0.1, 0.15) is 11.4 Å². The van der Waals surface area contributed by atoms with Gasteiger partial charge in [-0.1, -0.05) is 18.5 Å². The predicted molar refractivity (Wildman–Crippen MR) is 116 cm³/mol. The second-order valence-corrected chi connectivity index (χ2v) is 8.18. The van der Waals surface area contributed by atoms with Crippen molar-refractivity contribution in [2.75, 3.05) is 19.0 Å². The Kier molecular flexibility index (Phi) is 5.52. The molecule has 0 fully saturated rings. The Bertz CT molecular complexity index is 1210. The van der Waals surface area contributed by atoms with Crippen LogP contribution >= 0.6 is 11.6 Å². The summed E-state index contributed by atoms with van der Waals surface area (Å²) in [7, 11) is 1.53. The third-order valence-electron chi connectivity index (χ3n) is 5.72. The van der Waals surface area contributed by atoms with E-state index in [1.807, 2.05) is 13.0 Å². The van der Waals surface area contributed by atoms with Gasteiger partial charge in [-0.2, -0.15) is 5.26 Å². The standard InChI is InChI=1S/C23H20ClFN4O2/c1-23(12-30)6-5-16-14(10-26)7-13(8-17(16)23)21-18(25)11-27-22(29-21)28-19-9-15(24)3-4-20(19)31-2/h3-4,7-9,11,30H,5-6,12H2,1-2H3,(H,27,28,29). The first kappa shape index (κ1) is 21.0. The van der Waals surface area contributed by atoms with E-state index in [4.69, 9.17) is 16.3 Å². The number of nitrogens with zero attached hydrogens (tertiary/aromatic N) is 3. The van der Waals surface area contributed by atoms with Crippen LogP contribution in [0.2, 0.25) is 5.02 Å². The van der Waals surface area contributed by atoms with E-state index < -0.39 is 11.2 Å². The molecule has 158 valence electrons. The third kappa shape index (κ3) is 3.80. The van der Waals surface area contributed by atoms with Gasteiger partial charge < -0.3 is 15.2 Å². The maximum absolute atomic E-state index is 14.7. The lowest BCUT2D eigenvalue weighted by Crippen LogP contribution is -2.23. The maximum Gasteiger partial charge on any atom is 0.228 e. The molecule has 0 saturated heterocycles. The first-order valence-electron chi connectivity index (χ1n) is 9.70. The van der Waals surface area contributed by atoms with Gasteiger partial charge in [-0.25, -0.2) is 14.4 Å². The van der Waals surface area contributed by atoms with Crippen molar-refractivity contribution >= 4 is 23.2 Å². The largest absolute Gasteiger partial charge is 0.495 e. The number of aliphatic hydroxyl groups is 1. The first-order chi connectivity index (χ1) is 14.9. The molecule has 31 heavy (non-hydrogen) atoms. The number of nitriles is 1. The number of aliphatic hydroxyl groups excluding tert-OH is 1. The van der Waals surface area contributed by atoms with E-state index in [0.717, 1.165) is 23.7 Å². The summed E-state index contributed by atoms with van der Waals surface area (Å²) in [6.07, 6.45) is 2.50. The number of rotatable bonds is 5. The highest BCUT2D eigenvalue weighted by Crippen LogP contribution is 2.42. The summed E-state index contributed by atoms with van der Waals surface area (Å²) < 4.78 is 20.1. The fourth-order valence-corrected chi connectivity index (χ4v) is 4.12. The Labute approximate surface area is 184 Å². The van der Waals surface area contributed by atoms with E-state index in [9.17, 15) is 14.8 Å². The number of hydrogen-bond donors (Lipinski definition) is 2. The zero-order valence-electron chi connectivity index (χ0n) is 17.0. The Morgan fingerprint density at radius 1 is 1.35 bits per heavy atom. The lowest BCUT2D eigenvalue weighted by Gasteiger charge is -2.23. The average Bonchev–Trinajstić information content (AvgIpc) is 3.12. The molecule has 1 aromatic heterocycles. The molecule has 0 spiro atoms. The van der Waals surface area contributed by atoms with Crippen LogP contribution in [-0.4, -0.2) is 28.8 Å². The number of benzene rings is 2. The molecule has 1 unspecified atom stereocenters. The Morgan fingerprint density at radius 2 is 2.16 bits per heavy atom. The van der Waals surface area contributed by atoms with Gasteiger partial charge in [-0.3, -0.25) is 0 Å². The van der Waals surface area contributed by atoms with Gasteiger partial charge in [0.25, 0.3) is 0 Å². The number of halogens is 2. The Morgan fingerprint density at radius 3 is 2.87 bits per heavy atom. The van der Waals surface area contributed by atoms with Crippen molar-refractivity contribution in [1.29, 1.82) is 5.26 Å². The van der Waals surface area contributed by atoms with E-state index in [1.54, 1.807) is 24.3 Å².